The van der Waals surface area contributed by atoms with Gasteiger partial charge in [0.15, 0.2) is 11.2 Å². The van der Waals surface area contributed by atoms with E-state index in [-0.39, 0.29) is 17.9 Å². The van der Waals surface area contributed by atoms with E-state index in [1.165, 1.54) is 30.3 Å². The fourth-order valence-electron chi connectivity index (χ4n) is 8.29. The minimum atomic E-state index is -0.996. The SMILES string of the molecule is CCCn1c(-c2ccc(/C=C/C(=O)O)cc2)nc2c1c(=O)n(CC1CCCCC1)c(=O)n2CC1CCCCC1.COCCOCCOCCOCCOCCOCCOCCOCCOCCO. The molecule has 0 saturated heterocycles. The molecule has 2 aliphatic rings. The maximum Gasteiger partial charge on any atom is 0.332 e. The predicted molar refractivity (Wildman–Crippen MR) is 259 cm³/mol. The second-order valence-corrected chi connectivity index (χ2v) is 17.0. The fourth-order valence-corrected chi connectivity index (χ4v) is 8.29. The Balaban J connectivity index is 0.000000313. The van der Waals surface area contributed by atoms with Crippen molar-refractivity contribution in [3.8, 4) is 11.4 Å². The molecule has 0 spiro atoms. The minimum absolute atomic E-state index is 0.0322. The van der Waals surface area contributed by atoms with Crippen LogP contribution in [0.15, 0.2) is 39.9 Å². The lowest BCUT2D eigenvalue weighted by Crippen LogP contribution is -2.43. The highest BCUT2D eigenvalue weighted by atomic mass is 16.6. The van der Waals surface area contributed by atoms with Crippen LogP contribution in [0.25, 0.3) is 28.6 Å². The third kappa shape index (κ3) is 21.4. The van der Waals surface area contributed by atoms with Gasteiger partial charge in [0.25, 0.3) is 5.56 Å². The second-order valence-electron chi connectivity index (χ2n) is 17.0. The number of aliphatic carboxylic acids is 1. The van der Waals surface area contributed by atoms with Gasteiger partial charge in [-0.2, -0.15) is 0 Å². The Morgan fingerprint density at radius 2 is 1.04 bits per heavy atom. The molecule has 0 aliphatic heterocycles. The van der Waals surface area contributed by atoms with Gasteiger partial charge < -0.3 is 57.4 Å². The van der Waals surface area contributed by atoms with Crippen LogP contribution in [0.4, 0.5) is 0 Å². The van der Waals surface area contributed by atoms with Crippen LogP contribution in [0.5, 0.6) is 0 Å². The first-order chi connectivity index (χ1) is 33.4. The molecule has 2 aromatic heterocycles. The zero-order chi connectivity index (χ0) is 48.4. The summed E-state index contributed by atoms with van der Waals surface area (Å²) in [5.41, 5.74) is 2.17. The molecule has 0 unspecified atom stereocenters. The summed E-state index contributed by atoms with van der Waals surface area (Å²) in [7, 11) is 1.64. The Morgan fingerprint density at radius 1 is 0.618 bits per heavy atom. The lowest BCUT2D eigenvalue weighted by atomic mass is 9.89. The van der Waals surface area contributed by atoms with Crippen molar-refractivity contribution in [2.45, 2.75) is 97.2 Å². The van der Waals surface area contributed by atoms with Crippen LogP contribution >= 0.6 is 0 Å². The molecule has 0 radical (unpaired) electrons. The number of methoxy groups -OCH3 is 1. The van der Waals surface area contributed by atoms with Gasteiger partial charge in [-0.05, 0) is 55.6 Å². The van der Waals surface area contributed by atoms with Crippen molar-refractivity contribution < 1.29 is 57.6 Å². The van der Waals surface area contributed by atoms with Crippen LogP contribution in [0, 0.1) is 11.8 Å². The van der Waals surface area contributed by atoms with Gasteiger partial charge in [0.05, 0.1) is 119 Å². The number of hydrogen-bond donors (Lipinski definition) is 2. The molecule has 2 fully saturated rings. The first kappa shape index (κ1) is 56.8. The Labute approximate surface area is 401 Å². The van der Waals surface area contributed by atoms with Crippen molar-refractivity contribution in [2.75, 3.05) is 126 Å². The standard InChI is InChI=1S/C31H40N4O4.C19H40O10/c1-2-19-33-27-29(32-28(33)25-16-13-22(14-17-25)15-18-26(36)37)34(20-23-9-5-3-6-10-23)31(39)35(30(27)38)21-24-11-7-4-8-12-24;1-21-4-5-23-8-9-25-12-13-27-16-17-29-19-18-28-15-14-26-11-10-24-7-6-22-3-2-20/h13-18,23-24H,2-12,19-21H2,1H3,(H,36,37);20H,2-19H2,1H3/b18-15+;. The molecule has 2 N–H and O–H groups in total. The number of aliphatic hydroxyl groups is 1. The van der Waals surface area contributed by atoms with E-state index in [0.717, 1.165) is 62.1 Å². The van der Waals surface area contributed by atoms with E-state index >= 15 is 0 Å². The molecule has 1 aromatic carbocycles. The molecular weight excluding hydrogens is 881 g/mol. The highest BCUT2D eigenvalue weighted by Crippen LogP contribution is 2.29. The number of carboxylic acid groups (broad SMARTS) is 1. The average Bonchev–Trinajstić information content (AvgIpc) is 3.73. The van der Waals surface area contributed by atoms with Gasteiger partial charge in [-0.3, -0.25) is 13.9 Å². The van der Waals surface area contributed by atoms with Crippen molar-refractivity contribution in [1.29, 1.82) is 0 Å². The topological polar surface area (TPSA) is 202 Å². The molecule has 0 bridgehead atoms. The van der Waals surface area contributed by atoms with Crippen molar-refractivity contribution in [3.05, 3.63) is 56.7 Å². The van der Waals surface area contributed by atoms with Crippen molar-refractivity contribution in [1.82, 2.24) is 18.7 Å². The highest BCUT2D eigenvalue weighted by molar-refractivity contribution is 5.85. The van der Waals surface area contributed by atoms with E-state index in [2.05, 4.69) is 6.92 Å². The number of hydrogen-bond acceptors (Lipinski definition) is 14. The monoisotopic (exact) mass is 961 g/mol. The van der Waals surface area contributed by atoms with Gasteiger partial charge in [-0.15, -0.1) is 0 Å². The molecule has 2 heterocycles. The zero-order valence-electron chi connectivity index (χ0n) is 40.8. The molecular formula is C50H80N4O14. The first-order valence-corrected chi connectivity index (χ1v) is 24.8. The lowest BCUT2D eigenvalue weighted by Gasteiger charge is -2.25. The lowest BCUT2D eigenvalue weighted by molar-refractivity contribution is -0.131. The van der Waals surface area contributed by atoms with Gasteiger partial charge in [-0.25, -0.2) is 14.6 Å². The van der Waals surface area contributed by atoms with Crippen molar-refractivity contribution in [2.24, 2.45) is 11.8 Å². The summed E-state index contributed by atoms with van der Waals surface area (Å²) in [5, 5.41) is 17.5. The number of imidazole rings is 1. The van der Waals surface area contributed by atoms with Crippen molar-refractivity contribution >= 4 is 23.2 Å². The third-order valence-corrected chi connectivity index (χ3v) is 11.8. The summed E-state index contributed by atoms with van der Waals surface area (Å²) in [6.07, 6.45) is 15.0. The number of ether oxygens (including phenoxy) is 9. The third-order valence-electron chi connectivity index (χ3n) is 11.8. The number of aromatic nitrogens is 4. The summed E-state index contributed by atoms with van der Waals surface area (Å²) >= 11 is 0. The number of rotatable bonds is 35. The predicted octanol–water partition coefficient (Wildman–Crippen LogP) is 5.45. The molecule has 0 amide bonds. The van der Waals surface area contributed by atoms with Crippen LogP contribution in [0.1, 0.15) is 83.1 Å². The Kier molecular flexibility index (Phi) is 29.5. The molecule has 384 valence electrons. The number of carbonyl (C=O) groups is 1. The van der Waals surface area contributed by atoms with Gasteiger partial charge in [0, 0.05) is 38.4 Å². The molecule has 18 nitrogen and oxygen atoms in total. The summed E-state index contributed by atoms with van der Waals surface area (Å²) in [6.45, 7) is 12.7. The minimum Gasteiger partial charge on any atom is -0.478 e. The molecule has 0 atom stereocenters. The zero-order valence-corrected chi connectivity index (χ0v) is 40.8. The summed E-state index contributed by atoms with van der Waals surface area (Å²) in [5.74, 6) is 0.452. The molecule has 2 aliphatic carbocycles. The van der Waals surface area contributed by atoms with Crippen LogP contribution < -0.4 is 11.2 Å². The van der Waals surface area contributed by atoms with Crippen LogP contribution in [-0.2, 0) is 67.1 Å². The maximum absolute atomic E-state index is 14.0. The van der Waals surface area contributed by atoms with E-state index < -0.39 is 5.97 Å². The smallest absolute Gasteiger partial charge is 0.332 e. The van der Waals surface area contributed by atoms with E-state index in [1.807, 2.05) is 28.8 Å². The molecule has 68 heavy (non-hydrogen) atoms. The highest BCUT2D eigenvalue weighted by Gasteiger charge is 2.26. The number of aryl methyl sites for hydroxylation is 1. The van der Waals surface area contributed by atoms with Gasteiger partial charge in [0.1, 0.15) is 5.82 Å². The van der Waals surface area contributed by atoms with E-state index in [9.17, 15) is 14.4 Å². The molecule has 18 heteroatoms. The number of carboxylic acids is 1. The number of nitrogens with zero attached hydrogens (tertiary/aromatic N) is 4. The summed E-state index contributed by atoms with van der Waals surface area (Å²) < 4.78 is 52.7. The Hall–Kier alpha value is -3.82. The van der Waals surface area contributed by atoms with Crippen molar-refractivity contribution in [3.63, 3.8) is 0 Å². The average molecular weight is 961 g/mol. The van der Waals surface area contributed by atoms with Gasteiger partial charge in [-0.1, -0.05) is 69.7 Å². The van der Waals surface area contributed by atoms with E-state index in [4.69, 9.17) is 57.8 Å². The molecule has 5 rings (SSSR count). The first-order valence-electron chi connectivity index (χ1n) is 24.8. The summed E-state index contributed by atoms with van der Waals surface area (Å²) in [6, 6.07) is 7.50. The van der Waals surface area contributed by atoms with E-state index in [1.54, 1.807) is 17.8 Å². The number of benzene rings is 1. The molecule has 2 saturated carbocycles. The quantitative estimate of drug-likeness (QED) is 0.0556. The second kappa shape index (κ2) is 35.3. The van der Waals surface area contributed by atoms with Crippen LogP contribution in [-0.4, -0.2) is 161 Å². The summed E-state index contributed by atoms with van der Waals surface area (Å²) in [4.78, 5) is 43.9. The number of fused-ring (bicyclic) bond motifs is 1. The Bertz CT molecular complexity index is 1910. The number of aliphatic hydroxyl groups excluding tert-OH is 1. The van der Waals surface area contributed by atoms with Gasteiger partial charge in [0.2, 0.25) is 0 Å². The van der Waals surface area contributed by atoms with Gasteiger partial charge >= 0.3 is 11.7 Å². The molecule has 3 aromatic rings. The normalized spacial score (nSPS) is 14.8. The fraction of sp³-hybridized carbons (Fsp3) is 0.720. The largest absolute Gasteiger partial charge is 0.478 e. The van der Waals surface area contributed by atoms with Crippen LogP contribution in [0.3, 0.4) is 0 Å². The Morgan fingerprint density at radius 3 is 1.46 bits per heavy atom. The maximum atomic E-state index is 14.0. The van der Waals surface area contributed by atoms with Crippen LogP contribution in [0.2, 0.25) is 0 Å². The van der Waals surface area contributed by atoms with E-state index in [0.29, 0.717) is 161 Å².